The lowest BCUT2D eigenvalue weighted by Crippen LogP contribution is -1.79. The normalized spacial score (nSPS) is 10.9. The Morgan fingerprint density at radius 2 is 2.00 bits per heavy atom. The van der Waals surface area contributed by atoms with Gasteiger partial charge in [-0.05, 0) is 38.0 Å². The van der Waals surface area contributed by atoms with E-state index < -0.39 is 0 Å². The van der Waals surface area contributed by atoms with Crippen molar-refractivity contribution in [2.45, 2.75) is 20.8 Å². The van der Waals surface area contributed by atoms with E-state index in [0.29, 0.717) is 0 Å². The number of aryl methyl sites for hydroxylation is 3. The van der Waals surface area contributed by atoms with Gasteiger partial charge < -0.3 is 4.98 Å². The van der Waals surface area contributed by atoms with Crippen molar-refractivity contribution >= 4 is 11.0 Å². The largest absolute Gasteiger partial charge is 0.343 e. The monoisotopic (exact) mass is 160 g/mol. The highest BCUT2D eigenvalue weighted by atomic mass is 14.9. The maximum absolute atomic E-state index is 4.27. The average molecular weight is 160 g/mol. The Morgan fingerprint density at radius 1 is 1.25 bits per heavy atom. The molecule has 0 aromatic carbocycles. The van der Waals surface area contributed by atoms with E-state index in [1.807, 2.05) is 12.3 Å². The SMILES string of the molecule is Cc1[nH]c2nccc(C)c2c1C. The Morgan fingerprint density at radius 3 is 2.67 bits per heavy atom. The van der Waals surface area contributed by atoms with E-state index in [-0.39, 0.29) is 0 Å². The first-order valence-electron chi connectivity index (χ1n) is 4.10. The van der Waals surface area contributed by atoms with Crippen LogP contribution in [0.1, 0.15) is 16.8 Å². The van der Waals surface area contributed by atoms with Crippen molar-refractivity contribution in [1.82, 2.24) is 9.97 Å². The predicted molar refractivity (Wildman–Crippen MR) is 50.3 cm³/mol. The first-order chi connectivity index (χ1) is 5.70. The van der Waals surface area contributed by atoms with E-state index >= 15 is 0 Å². The van der Waals surface area contributed by atoms with E-state index in [1.54, 1.807) is 0 Å². The van der Waals surface area contributed by atoms with E-state index in [0.717, 1.165) is 5.65 Å². The molecule has 0 saturated heterocycles. The van der Waals surface area contributed by atoms with Gasteiger partial charge in [-0.1, -0.05) is 0 Å². The van der Waals surface area contributed by atoms with Gasteiger partial charge in [0.15, 0.2) is 0 Å². The molecule has 0 bridgehead atoms. The van der Waals surface area contributed by atoms with Gasteiger partial charge >= 0.3 is 0 Å². The number of hydrogen-bond donors (Lipinski definition) is 1. The number of H-pyrrole nitrogens is 1. The molecule has 0 unspecified atom stereocenters. The Kier molecular flexibility index (Phi) is 1.43. The minimum Gasteiger partial charge on any atom is -0.343 e. The van der Waals surface area contributed by atoms with Gasteiger partial charge in [0.05, 0.1) is 0 Å². The topological polar surface area (TPSA) is 28.7 Å². The summed E-state index contributed by atoms with van der Waals surface area (Å²) >= 11 is 0. The van der Waals surface area contributed by atoms with Crippen molar-refractivity contribution in [3.63, 3.8) is 0 Å². The molecule has 0 atom stereocenters. The highest BCUT2D eigenvalue weighted by molar-refractivity contribution is 5.84. The third-order valence-electron chi connectivity index (χ3n) is 2.40. The van der Waals surface area contributed by atoms with Crippen LogP contribution < -0.4 is 0 Å². The summed E-state index contributed by atoms with van der Waals surface area (Å²) in [5.74, 6) is 0. The molecule has 2 heteroatoms. The average Bonchev–Trinajstić information content (AvgIpc) is 2.29. The van der Waals surface area contributed by atoms with Gasteiger partial charge in [0.2, 0.25) is 0 Å². The first kappa shape index (κ1) is 7.35. The van der Waals surface area contributed by atoms with Crippen LogP contribution in [0, 0.1) is 20.8 Å². The van der Waals surface area contributed by atoms with Gasteiger partial charge in [0.1, 0.15) is 5.65 Å². The van der Waals surface area contributed by atoms with Gasteiger partial charge in [-0.15, -0.1) is 0 Å². The highest BCUT2D eigenvalue weighted by Gasteiger charge is 2.05. The molecule has 0 aliphatic carbocycles. The summed E-state index contributed by atoms with van der Waals surface area (Å²) in [5, 5.41) is 1.27. The number of nitrogens with one attached hydrogen (secondary N) is 1. The zero-order valence-corrected chi connectivity index (χ0v) is 7.60. The smallest absolute Gasteiger partial charge is 0.137 e. The summed E-state index contributed by atoms with van der Waals surface area (Å²) in [6.45, 7) is 6.32. The molecular formula is C10H12N2. The van der Waals surface area contributed by atoms with Crippen LogP contribution in [0.4, 0.5) is 0 Å². The van der Waals surface area contributed by atoms with Crippen molar-refractivity contribution in [3.8, 4) is 0 Å². The summed E-state index contributed by atoms with van der Waals surface area (Å²) in [5.41, 5.74) is 4.83. The van der Waals surface area contributed by atoms with Crippen LogP contribution >= 0.6 is 0 Å². The zero-order valence-electron chi connectivity index (χ0n) is 7.60. The Balaban J connectivity index is 2.97. The van der Waals surface area contributed by atoms with Crippen molar-refractivity contribution in [2.24, 2.45) is 0 Å². The summed E-state index contributed by atoms with van der Waals surface area (Å²) in [4.78, 5) is 7.52. The second-order valence-corrected chi connectivity index (χ2v) is 3.23. The fourth-order valence-electron chi connectivity index (χ4n) is 1.59. The standard InChI is InChI=1S/C10H12N2/c1-6-4-5-11-10-9(6)7(2)8(3)12-10/h4-5H,1-3H3,(H,11,12). The molecule has 0 aliphatic heterocycles. The minimum atomic E-state index is 1.00. The molecule has 0 saturated carbocycles. The molecule has 1 N–H and O–H groups in total. The van der Waals surface area contributed by atoms with Crippen LogP contribution in [-0.2, 0) is 0 Å². The number of aromatic amines is 1. The molecule has 2 aromatic rings. The van der Waals surface area contributed by atoms with Crippen LogP contribution in [0.25, 0.3) is 11.0 Å². The van der Waals surface area contributed by atoms with E-state index in [2.05, 4.69) is 30.7 Å². The molecule has 12 heavy (non-hydrogen) atoms. The third kappa shape index (κ3) is 0.843. The van der Waals surface area contributed by atoms with Crippen LogP contribution in [0.5, 0.6) is 0 Å². The zero-order chi connectivity index (χ0) is 8.72. The highest BCUT2D eigenvalue weighted by Crippen LogP contribution is 2.21. The third-order valence-corrected chi connectivity index (χ3v) is 2.40. The molecular weight excluding hydrogens is 148 g/mol. The Labute approximate surface area is 71.6 Å². The van der Waals surface area contributed by atoms with Gasteiger partial charge in [0, 0.05) is 17.3 Å². The molecule has 0 aliphatic rings. The first-order valence-corrected chi connectivity index (χ1v) is 4.10. The van der Waals surface area contributed by atoms with Crippen molar-refractivity contribution in [1.29, 1.82) is 0 Å². The van der Waals surface area contributed by atoms with Gasteiger partial charge in [-0.3, -0.25) is 0 Å². The fourth-order valence-corrected chi connectivity index (χ4v) is 1.59. The molecule has 2 rings (SSSR count). The number of pyridine rings is 1. The Bertz CT molecular complexity index is 427. The predicted octanol–water partition coefficient (Wildman–Crippen LogP) is 2.49. The van der Waals surface area contributed by atoms with Crippen LogP contribution in [-0.4, -0.2) is 9.97 Å². The lowest BCUT2D eigenvalue weighted by molar-refractivity contribution is 1.22. The van der Waals surface area contributed by atoms with Gasteiger partial charge in [0.25, 0.3) is 0 Å². The van der Waals surface area contributed by atoms with E-state index in [9.17, 15) is 0 Å². The van der Waals surface area contributed by atoms with Crippen molar-refractivity contribution in [2.75, 3.05) is 0 Å². The lowest BCUT2D eigenvalue weighted by atomic mass is 10.1. The number of aromatic nitrogens is 2. The molecule has 0 fully saturated rings. The van der Waals surface area contributed by atoms with Crippen LogP contribution in [0.3, 0.4) is 0 Å². The van der Waals surface area contributed by atoms with Crippen LogP contribution in [0.2, 0.25) is 0 Å². The summed E-state index contributed by atoms with van der Waals surface area (Å²) < 4.78 is 0. The van der Waals surface area contributed by atoms with Crippen molar-refractivity contribution < 1.29 is 0 Å². The molecule has 2 heterocycles. The molecule has 0 radical (unpaired) electrons. The number of fused-ring (bicyclic) bond motifs is 1. The van der Waals surface area contributed by atoms with Gasteiger partial charge in [-0.2, -0.15) is 0 Å². The summed E-state index contributed by atoms with van der Waals surface area (Å²) in [7, 11) is 0. The quantitative estimate of drug-likeness (QED) is 0.630. The Hall–Kier alpha value is -1.31. The molecule has 62 valence electrons. The second-order valence-electron chi connectivity index (χ2n) is 3.23. The van der Waals surface area contributed by atoms with Gasteiger partial charge in [-0.25, -0.2) is 4.98 Å². The molecule has 0 spiro atoms. The second kappa shape index (κ2) is 2.34. The lowest BCUT2D eigenvalue weighted by Gasteiger charge is -1.94. The summed E-state index contributed by atoms with van der Waals surface area (Å²) in [6, 6.07) is 2.04. The fraction of sp³-hybridized carbons (Fsp3) is 0.300. The molecule has 2 nitrogen and oxygen atoms in total. The summed E-state index contributed by atoms with van der Waals surface area (Å²) in [6.07, 6.45) is 1.84. The van der Waals surface area contributed by atoms with E-state index in [4.69, 9.17) is 0 Å². The number of nitrogens with zero attached hydrogens (tertiary/aromatic N) is 1. The van der Waals surface area contributed by atoms with Crippen LogP contribution in [0.15, 0.2) is 12.3 Å². The van der Waals surface area contributed by atoms with Crippen molar-refractivity contribution in [3.05, 3.63) is 29.1 Å². The molecule has 2 aromatic heterocycles. The maximum atomic E-state index is 4.27. The number of rotatable bonds is 0. The number of hydrogen-bond acceptors (Lipinski definition) is 1. The molecule has 0 amide bonds. The maximum Gasteiger partial charge on any atom is 0.137 e. The van der Waals surface area contributed by atoms with E-state index in [1.165, 1.54) is 22.2 Å². The minimum absolute atomic E-state index is 1.00.